The van der Waals surface area contributed by atoms with Crippen molar-refractivity contribution in [3.05, 3.63) is 52.5 Å². The van der Waals surface area contributed by atoms with Crippen LogP contribution in [0.1, 0.15) is 61.8 Å². The normalized spacial score (nSPS) is 32.4. The maximum absolute atomic E-state index is 12.9. The first-order valence-corrected chi connectivity index (χ1v) is 12.9. The van der Waals surface area contributed by atoms with Gasteiger partial charge in [-0.3, -0.25) is 14.6 Å². The molecule has 2 aliphatic rings. The Hall–Kier alpha value is -2.25. The molecule has 2 aromatic rings. The van der Waals surface area contributed by atoms with E-state index in [1.165, 1.54) is 0 Å². The number of pyridine rings is 1. The topological polar surface area (TPSA) is 91.3 Å². The minimum atomic E-state index is -0.573. The summed E-state index contributed by atoms with van der Waals surface area (Å²) in [6.45, 7) is 6.88. The second-order valence-electron chi connectivity index (χ2n) is 10.2. The lowest BCUT2D eigenvalue weighted by molar-refractivity contribution is -0.142. The zero-order chi connectivity index (χ0) is 23.6. The highest BCUT2D eigenvalue weighted by molar-refractivity contribution is 7.09. The molecule has 0 unspecified atom stereocenters. The van der Waals surface area contributed by atoms with Crippen LogP contribution in [0.15, 0.2) is 41.9 Å². The van der Waals surface area contributed by atoms with E-state index in [0.717, 1.165) is 30.6 Å². The summed E-state index contributed by atoms with van der Waals surface area (Å²) in [7, 11) is 0. The number of nitrogens with zero attached hydrogens (tertiary/aromatic N) is 1. The van der Waals surface area contributed by atoms with Gasteiger partial charge in [-0.2, -0.15) is 0 Å². The lowest BCUT2D eigenvalue weighted by atomic mass is 9.51. The average Bonchev–Trinajstić information content (AvgIpc) is 3.33. The zero-order valence-corrected chi connectivity index (χ0v) is 20.5. The number of aromatic nitrogens is 1. The van der Waals surface area contributed by atoms with Crippen LogP contribution in [0.2, 0.25) is 0 Å². The Morgan fingerprint density at radius 3 is 2.73 bits per heavy atom. The number of aliphatic hydroxyl groups is 1. The Balaban J connectivity index is 1.43. The fraction of sp³-hybridized carbons (Fsp3) is 0.577. The molecule has 0 saturated heterocycles. The van der Waals surface area contributed by atoms with Crippen molar-refractivity contribution in [2.75, 3.05) is 0 Å². The number of hydrogen-bond acceptors (Lipinski definition) is 5. The molecule has 2 heterocycles. The summed E-state index contributed by atoms with van der Waals surface area (Å²) in [5.41, 5.74) is 0.436. The second kappa shape index (κ2) is 9.94. The maximum atomic E-state index is 12.9. The van der Waals surface area contributed by atoms with Gasteiger partial charge in [0, 0.05) is 23.0 Å². The van der Waals surface area contributed by atoms with E-state index >= 15 is 0 Å². The van der Waals surface area contributed by atoms with Crippen LogP contribution in [0.5, 0.6) is 0 Å². The Labute approximate surface area is 200 Å². The van der Waals surface area contributed by atoms with E-state index in [0.29, 0.717) is 12.2 Å². The molecule has 2 aromatic heterocycles. The Kier molecular flexibility index (Phi) is 7.19. The minimum absolute atomic E-state index is 0.000444. The molecule has 2 fully saturated rings. The van der Waals surface area contributed by atoms with Crippen molar-refractivity contribution in [1.82, 2.24) is 15.6 Å². The summed E-state index contributed by atoms with van der Waals surface area (Å²) < 4.78 is 0. The third kappa shape index (κ3) is 4.99. The third-order valence-electron chi connectivity index (χ3n) is 8.17. The summed E-state index contributed by atoms with van der Waals surface area (Å²) in [6, 6.07) is 9.29. The summed E-state index contributed by atoms with van der Waals surface area (Å²) in [5.74, 6) is -0.375. The molecule has 2 saturated carbocycles. The van der Waals surface area contributed by atoms with Gasteiger partial charge in [0.2, 0.25) is 5.91 Å². The standard InChI is InChI=1S/C26H35N3O3S/c1-16(24(31)28-15-18-7-6-14-33-18)19-9-11-26(3)12-10-20(17(2)22(26)23(19)30)29-25(32)21-8-4-5-13-27-21/h4-8,13-14,16-17,19-20,22-23,30H,9-12,15H2,1-3H3,(H,28,31)(H,29,32)/t16-,17-,19-,20-,22+,23-,26+/m0/s1. The molecule has 33 heavy (non-hydrogen) atoms. The van der Waals surface area contributed by atoms with E-state index < -0.39 is 6.10 Å². The van der Waals surface area contributed by atoms with Crippen molar-refractivity contribution in [1.29, 1.82) is 0 Å². The fourth-order valence-electron chi connectivity index (χ4n) is 6.18. The van der Waals surface area contributed by atoms with Crippen molar-refractivity contribution >= 4 is 23.2 Å². The Morgan fingerprint density at radius 1 is 1.24 bits per heavy atom. The summed E-state index contributed by atoms with van der Waals surface area (Å²) in [5, 5.41) is 19.8. The van der Waals surface area contributed by atoms with Crippen molar-refractivity contribution < 1.29 is 14.7 Å². The predicted octanol–water partition coefficient (Wildman–Crippen LogP) is 4.02. The molecule has 0 spiro atoms. The number of fused-ring (bicyclic) bond motifs is 1. The molecule has 2 aliphatic carbocycles. The van der Waals surface area contributed by atoms with Crippen molar-refractivity contribution in [3.8, 4) is 0 Å². The van der Waals surface area contributed by atoms with E-state index in [2.05, 4.69) is 29.5 Å². The molecule has 178 valence electrons. The van der Waals surface area contributed by atoms with E-state index in [1.54, 1.807) is 29.7 Å². The third-order valence-corrected chi connectivity index (χ3v) is 9.05. The van der Waals surface area contributed by atoms with Gasteiger partial charge in [-0.05, 0) is 72.4 Å². The minimum Gasteiger partial charge on any atom is -0.392 e. The quantitative estimate of drug-likeness (QED) is 0.596. The van der Waals surface area contributed by atoms with Crippen LogP contribution in [0.3, 0.4) is 0 Å². The number of rotatable bonds is 6. The largest absolute Gasteiger partial charge is 0.392 e. The van der Waals surface area contributed by atoms with Crippen LogP contribution in [-0.2, 0) is 11.3 Å². The molecule has 7 heteroatoms. The lowest BCUT2D eigenvalue weighted by Crippen LogP contribution is -2.58. The smallest absolute Gasteiger partial charge is 0.270 e. The first kappa shape index (κ1) is 23.9. The monoisotopic (exact) mass is 469 g/mol. The number of thiophene rings is 1. The van der Waals surface area contributed by atoms with Crippen LogP contribution in [-0.4, -0.2) is 34.1 Å². The van der Waals surface area contributed by atoms with Crippen LogP contribution in [0, 0.1) is 29.1 Å². The van der Waals surface area contributed by atoms with Gasteiger partial charge in [0.15, 0.2) is 0 Å². The molecule has 0 aliphatic heterocycles. The van der Waals surface area contributed by atoms with E-state index in [9.17, 15) is 14.7 Å². The first-order chi connectivity index (χ1) is 15.8. The van der Waals surface area contributed by atoms with Crippen LogP contribution in [0.25, 0.3) is 0 Å². The second-order valence-corrected chi connectivity index (χ2v) is 11.2. The average molecular weight is 470 g/mol. The van der Waals surface area contributed by atoms with Crippen molar-refractivity contribution in [2.24, 2.45) is 29.1 Å². The highest BCUT2D eigenvalue weighted by Gasteiger charge is 2.53. The van der Waals surface area contributed by atoms with Crippen molar-refractivity contribution in [2.45, 2.75) is 65.1 Å². The van der Waals surface area contributed by atoms with Crippen LogP contribution < -0.4 is 10.6 Å². The fourth-order valence-corrected chi connectivity index (χ4v) is 6.82. The van der Waals surface area contributed by atoms with Gasteiger partial charge in [0.25, 0.3) is 5.91 Å². The molecule has 0 bridgehead atoms. The van der Waals surface area contributed by atoms with Gasteiger partial charge in [-0.1, -0.05) is 32.9 Å². The van der Waals surface area contributed by atoms with Gasteiger partial charge < -0.3 is 15.7 Å². The summed E-state index contributed by atoms with van der Waals surface area (Å²) in [6.07, 6.45) is 4.73. The molecule has 0 aromatic carbocycles. The molecule has 6 nitrogen and oxygen atoms in total. The lowest BCUT2D eigenvalue weighted by Gasteiger charge is -2.56. The van der Waals surface area contributed by atoms with Gasteiger partial charge in [0.05, 0.1) is 12.6 Å². The highest BCUT2D eigenvalue weighted by Crippen LogP contribution is 2.55. The van der Waals surface area contributed by atoms with E-state index in [4.69, 9.17) is 0 Å². The van der Waals surface area contributed by atoms with Crippen molar-refractivity contribution in [3.63, 3.8) is 0 Å². The number of aliphatic hydroxyl groups excluding tert-OH is 1. The Morgan fingerprint density at radius 2 is 2.03 bits per heavy atom. The molecular formula is C26H35N3O3S. The van der Waals surface area contributed by atoms with Crippen LogP contribution >= 0.6 is 11.3 Å². The summed E-state index contributed by atoms with van der Waals surface area (Å²) in [4.78, 5) is 30.9. The number of hydrogen-bond donors (Lipinski definition) is 3. The number of carbonyl (C=O) groups excluding carboxylic acids is 2. The molecule has 4 rings (SSSR count). The van der Waals surface area contributed by atoms with E-state index in [-0.39, 0.29) is 46.9 Å². The Bertz CT molecular complexity index is 951. The SMILES string of the molecule is C[C@@H]1[C@@H]2[C@@H](O)[C@H]([C@H](C)C(=O)NCc3cccs3)CC[C@]2(C)CC[C@@H]1NC(=O)c1ccccn1. The number of carbonyl (C=O) groups is 2. The van der Waals surface area contributed by atoms with Gasteiger partial charge in [-0.25, -0.2) is 0 Å². The summed E-state index contributed by atoms with van der Waals surface area (Å²) >= 11 is 1.63. The van der Waals surface area contributed by atoms with Crippen LogP contribution in [0.4, 0.5) is 0 Å². The maximum Gasteiger partial charge on any atom is 0.270 e. The first-order valence-electron chi connectivity index (χ1n) is 12.0. The van der Waals surface area contributed by atoms with Gasteiger partial charge >= 0.3 is 0 Å². The zero-order valence-electron chi connectivity index (χ0n) is 19.7. The number of amides is 2. The number of nitrogens with one attached hydrogen (secondary N) is 2. The van der Waals surface area contributed by atoms with E-state index in [1.807, 2.05) is 30.5 Å². The molecule has 0 radical (unpaired) electrons. The molecule has 3 N–H and O–H groups in total. The molecule has 2 amide bonds. The highest BCUT2D eigenvalue weighted by atomic mass is 32.1. The molecule has 7 atom stereocenters. The predicted molar refractivity (Wildman–Crippen MR) is 130 cm³/mol. The van der Waals surface area contributed by atoms with Gasteiger partial charge in [0.1, 0.15) is 5.69 Å². The molecular weight excluding hydrogens is 434 g/mol. The van der Waals surface area contributed by atoms with Gasteiger partial charge in [-0.15, -0.1) is 11.3 Å².